The third-order valence-corrected chi connectivity index (χ3v) is 4.88. The number of carbonyl (C=O) groups is 2. The van der Waals surface area contributed by atoms with Gasteiger partial charge in [0.05, 0.1) is 6.20 Å². The fourth-order valence-electron chi connectivity index (χ4n) is 3.16. The van der Waals surface area contributed by atoms with Gasteiger partial charge in [-0.2, -0.15) is 13.2 Å². The average Bonchev–Trinajstić information content (AvgIpc) is 2.59. The van der Waals surface area contributed by atoms with Gasteiger partial charge in [-0.05, 0) is 31.4 Å². The van der Waals surface area contributed by atoms with Crippen molar-refractivity contribution in [1.29, 1.82) is 0 Å². The summed E-state index contributed by atoms with van der Waals surface area (Å²) < 4.78 is 51.6. The van der Waals surface area contributed by atoms with E-state index in [1.54, 1.807) is 6.92 Å². The van der Waals surface area contributed by atoms with Crippen molar-refractivity contribution in [3.8, 4) is 0 Å². The molecule has 0 aromatic carbocycles. The zero-order valence-corrected chi connectivity index (χ0v) is 15.1. The fraction of sp³-hybridized carbons (Fsp3) is 0.588. The van der Waals surface area contributed by atoms with E-state index in [2.05, 4.69) is 4.98 Å². The van der Waals surface area contributed by atoms with Crippen molar-refractivity contribution in [2.75, 3.05) is 20.1 Å². The predicted molar refractivity (Wildman–Crippen MR) is 87.1 cm³/mol. The van der Waals surface area contributed by atoms with Gasteiger partial charge >= 0.3 is 6.18 Å². The molecule has 2 heterocycles. The number of aromatic nitrogens is 1. The van der Waals surface area contributed by atoms with Crippen molar-refractivity contribution >= 4 is 11.8 Å². The normalized spacial score (nSPS) is 22.9. The van der Waals surface area contributed by atoms with Crippen LogP contribution in [0.3, 0.4) is 0 Å². The number of rotatable bonds is 3. The summed E-state index contributed by atoms with van der Waals surface area (Å²) in [5.41, 5.74) is -3.41. The molecule has 0 saturated carbocycles. The lowest BCUT2D eigenvalue weighted by Gasteiger charge is -2.43. The minimum atomic E-state index is -5.08. The molecule has 6 nitrogen and oxygen atoms in total. The smallest absolute Gasteiger partial charge is 0.373 e. The first-order chi connectivity index (χ1) is 12.4. The number of nitrogens with zero attached hydrogens (tertiary/aromatic N) is 3. The topological polar surface area (TPSA) is 73.7 Å². The summed E-state index contributed by atoms with van der Waals surface area (Å²) >= 11 is 0. The molecule has 1 N–H and O–H groups in total. The predicted octanol–water partition coefficient (Wildman–Crippen LogP) is 1.84. The molecule has 0 aliphatic carbocycles. The minimum Gasteiger partial charge on any atom is -0.373 e. The van der Waals surface area contributed by atoms with Crippen molar-refractivity contribution < 1.29 is 32.3 Å². The van der Waals surface area contributed by atoms with Gasteiger partial charge < -0.3 is 14.9 Å². The quantitative estimate of drug-likeness (QED) is 0.798. The van der Waals surface area contributed by atoms with Crippen LogP contribution in [0.25, 0.3) is 0 Å². The van der Waals surface area contributed by atoms with Gasteiger partial charge in [0.1, 0.15) is 11.5 Å². The maximum absolute atomic E-state index is 12.9. The Balaban J connectivity index is 2.07. The largest absolute Gasteiger partial charge is 0.426 e. The lowest BCUT2D eigenvalue weighted by atomic mass is 9.91. The highest BCUT2D eigenvalue weighted by atomic mass is 19.4. The van der Waals surface area contributed by atoms with Gasteiger partial charge in [-0.15, -0.1) is 0 Å². The van der Waals surface area contributed by atoms with Gasteiger partial charge in [0, 0.05) is 26.2 Å². The summed E-state index contributed by atoms with van der Waals surface area (Å²) in [5, 5.41) is 9.57. The molecule has 1 aromatic rings. The van der Waals surface area contributed by atoms with Crippen molar-refractivity contribution in [3.63, 3.8) is 0 Å². The summed E-state index contributed by atoms with van der Waals surface area (Å²) in [6.07, 6.45) is -3.92. The van der Waals surface area contributed by atoms with Gasteiger partial charge in [0.25, 0.3) is 11.8 Å². The van der Waals surface area contributed by atoms with Crippen LogP contribution in [-0.2, 0) is 4.79 Å². The third kappa shape index (κ3) is 4.20. The Hall–Kier alpha value is -2.23. The second-order valence-corrected chi connectivity index (χ2v) is 6.93. The minimum absolute atomic E-state index is 0.0332. The monoisotopic (exact) mass is 391 g/mol. The molecule has 2 rings (SSSR count). The highest BCUT2D eigenvalue weighted by Gasteiger charge is 2.57. The molecule has 1 saturated heterocycles. The molecule has 1 fully saturated rings. The summed E-state index contributed by atoms with van der Waals surface area (Å²) in [6, 6.07) is 2.01. The number of carbonyl (C=O) groups excluding carboxylic acids is 2. The van der Waals surface area contributed by atoms with Crippen molar-refractivity contribution in [3.05, 3.63) is 29.8 Å². The molecule has 2 unspecified atom stereocenters. The van der Waals surface area contributed by atoms with E-state index in [4.69, 9.17) is 0 Å². The lowest BCUT2D eigenvalue weighted by molar-refractivity contribution is -0.251. The first-order valence-electron chi connectivity index (χ1n) is 8.33. The second kappa shape index (κ2) is 7.41. The van der Waals surface area contributed by atoms with E-state index in [-0.39, 0.29) is 37.2 Å². The van der Waals surface area contributed by atoms with Crippen molar-refractivity contribution in [2.24, 2.45) is 5.92 Å². The second-order valence-electron chi connectivity index (χ2n) is 6.93. The molecule has 150 valence electrons. The van der Waals surface area contributed by atoms with E-state index in [1.807, 2.05) is 0 Å². The molecule has 0 spiro atoms. The van der Waals surface area contributed by atoms with Crippen LogP contribution in [0, 0.1) is 11.7 Å². The molecule has 2 amide bonds. The highest BCUT2D eigenvalue weighted by molar-refractivity contribution is 5.92. The van der Waals surface area contributed by atoms with Crippen molar-refractivity contribution in [1.82, 2.24) is 14.8 Å². The van der Waals surface area contributed by atoms with Gasteiger partial charge in [0.15, 0.2) is 0 Å². The van der Waals surface area contributed by atoms with Crippen LogP contribution in [0.1, 0.15) is 30.8 Å². The van der Waals surface area contributed by atoms with Crippen LogP contribution >= 0.6 is 0 Å². The number of piperidine rings is 1. The SMILES string of the molecule is CC1CN(C(=O)[C@@](C)(O)C(F)(F)F)CCC1N(C)C(=O)c1ccc(F)cn1. The molecular formula is C17H21F4N3O3. The highest BCUT2D eigenvalue weighted by Crippen LogP contribution is 2.33. The van der Waals surface area contributed by atoms with Gasteiger partial charge in [-0.1, -0.05) is 6.92 Å². The van der Waals surface area contributed by atoms with E-state index in [9.17, 15) is 32.3 Å². The summed E-state index contributed by atoms with van der Waals surface area (Å²) in [7, 11) is 1.53. The zero-order chi connectivity index (χ0) is 20.6. The molecule has 1 aliphatic heterocycles. The molecule has 1 aromatic heterocycles. The molecule has 0 radical (unpaired) electrons. The Kier molecular flexibility index (Phi) is 5.79. The van der Waals surface area contributed by atoms with Gasteiger partial charge in [-0.3, -0.25) is 9.59 Å². The fourth-order valence-corrected chi connectivity index (χ4v) is 3.16. The number of pyridine rings is 1. The van der Waals surface area contributed by atoms with E-state index in [1.165, 1.54) is 18.0 Å². The number of hydrogen-bond donors (Lipinski definition) is 1. The molecule has 10 heteroatoms. The first kappa shape index (κ1) is 21.1. The molecule has 3 atom stereocenters. The van der Waals surface area contributed by atoms with Gasteiger partial charge in [0.2, 0.25) is 5.60 Å². The van der Waals surface area contributed by atoms with Gasteiger partial charge in [-0.25, -0.2) is 9.37 Å². The van der Waals surface area contributed by atoms with Crippen LogP contribution in [0.4, 0.5) is 17.6 Å². The summed E-state index contributed by atoms with van der Waals surface area (Å²) in [6.45, 7) is 2.06. The number of amides is 2. The third-order valence-electron chi connectivity index (χ3n) is 4.88. The Morgan fingerprint density at radius 3 is 2.44 bits per heavy atom. The number of halogens is 4. The number of aliphatic hydroxyl groups is 1. The Labute approximate surface area is 153 Å². The molecule has 1 aliphatic rings. The summed E-state index contributed by atoms with van der Waals surface area (Å²) in [5.74, 6) is -2.77. The maximum atomic E-state index is 12.9. The number of likely N-dealkylation sites (tertiary alicyclic amines) is 1. The number of alkyl halides is 3. The van der Waals surface area contributed by atoms with E-state index >= 15 is 0 Å². The van der Waals surface area contributed by atoms with Crippen LogP contribution < -0.4 is 0 Å². The zero-order valence-electron chi connectivity index (χ0n) is 15.1. The van der Waals surface area contributed by atoms with Crippen molar-refractivity contribution in [2.45, 2.75) is 38.1 Å². The number of hydrogen-bond acceptors (Lipinski definition) is 4. The Bertz CT molecular complexity index is 706. The molecular weight excluding hydrogens is 370 g/mol. The van der Waals surface area contributed by atoms with E-state index in [0.717, 1.165) is 17.2 Å². The average molecular weight is 391 g/mol. The molecule has 0 bridgehead atoms. The van der Waals surface area contributed by atoms with Crippen LogP contribution in [0.2, 0.25) is 0 Å². The van der Waals surface area contributed by atoms with E-state index < -0.39 is 29.4 Å². The van der Waals surface area contributed by atoms with E-state index in [0.29, 0.717) is 6.92 Å². The Morgan fingerprint density at radius 1 is 1.33 bits per heavy atom. The van der Waals surface area contributed by atoms with Crippen LogP contribution in [0.5, 0.6) is 0 Å². The maximum Gasteiger partial charge on any atom is 0.426 e. The lowest BCUT2D eigenvalue weighted by Crippen LogP contribution is -2.60. The standard InChI is InChI=1S/C17H21F4N3O3/c1-10-9-24(15(26)16(2,27)17(19,20)21)7-6-13(10)23(3)14(25)12-5-4-11(18)8-22-12/h4-5,8,10,13,27H,6-7,9H2,1-3H3/t10?,13?,16-/m1/s1. The molecule has 27 heavy (non-hydrogen) atoms. The summed E-state index contributed by atoms with van der Waals surface area (Å²) in [4.78, 5) is 30.7. The van der Waals surface area contributed by atoms with Crippen LogP contribution in [0.15, 0.2) is 18.3 Å². The Morgan fingerprint density at radius 2 is 1.96 bits per heavy atom. The first-order valence-corrected chi connectivity index (χ1v) is 8.33. The van der Waals surface area contributed by atoms with Crippen LogP contribution in [-0.4, -0.2) is 69.7 Å².